The Bertz CT molecular complexity index is 613. The van der Waals surface area contributed by atoms with Gasteiger partial charge in [0.05, 0.1) is 5.69 Å². The van der Waals surface area contributed by atoms with Crippen LogP contribution < -0.4 is 0 Å². The van der Waals surface area contributed by atoms with Crippen molar-refractivity contribution in [1.82, 2.24) is 4.98 Å². The van der Waals surface area contributed by atoms with Crippen LogP contribution in [-0.2, 0) is 0 Å². The van der Waals surface area contributed by atoms with Crippen molar-refractivity contribution in [3.8, 4) is 0 Å². The molecule has 1 aromatic heterocycles. The number of fused-ring (bicyclic) bond motifs is 1. The van der Waals surface area contributed by atoms with Crippen LogP contribution in [0.2, 0.25) is 0 Å². The highest BCUT2D eigenvalue weighted by Crippen LogP contribution is 2.27. The molecule has 0 aliphatic rings. The SMILES string of the molecule is CCC(C)c1ccc2[nH]c(C(=O)C(F)(F)F)cc2c1. The smallest absolute Gasteiger partial charge is 0.352 e. The van der Waals surface area contributed by atoms with Crippen LogP contribution in [0.5, 0.6) is 0 Å². The molecule has 5 heteroatoms. The van der Waals surface area contributed by atoms with E-state index in [0.717, 1.165) is 12.0 Å². The zero-order chi connectivity index (χ0) is 14.2. The lowest BCUT2D eigenvalue weighted by molar-refractivity contribution is -0.0887. The van der Waals surface area contributed by atoms with Gasteiger partial charge in [-0.2, -0.15) is 13.2 Å². The van der Waals surface area contributed by atoms with Crippen molar-refractivity contribution in [2.24, 2.45) is 0 Å². The highest BCUT2D eigenvalue weighted by atomic mass is 19.4. The van der Waals surface area contributed by atoms with E-state index in [4.69, 9.17) is 0 Å². The van der Waals surface area contributed by atoms with E-state index in [1.165, 1.54) is 6.07 Å². The molecule has 0 bridgehead atoms. The van der Waals surface area contributed by atoms with Crippen LogP contribution in [0, 0.1) is 0 Å². The number of aromatic amines is 1. The van der Waals surface area contributed by atoms with Gasteiger partial charge in [0.2, 0.25) is 0 Å². The molecule has 0 aliphatic carbocycles. The summed E-state index contributed by atoms with van der Waals surface area (Å²) < 4.78 is 37.1. The Morgan fingerprint density at radius 3 is 2.58 bits per heavy atom. The summed E-state index contributed by atoms with van der Waals surface area (Å²) in [6.07, 6.45) is -3.90. The van der Waals surface area contributed by atoms with Crippen LogP contribution in [0.4, 0.5) is 13.2 Å². The van der Waals surface area contributed by atoms with Gasteiger partial charge in [0.25, 0.3) is 5.78 Å². The van der Waals surface area contributed by atoms with E-state index in [-0.39, 0.29) is 0 Å². The summed E-state index contributed by atoms with van der Waals surface area (Å²) >= 11 is 0. The predicted octanol–water partition coefficient (Wildman–Crippen LogP) is 4.43. The van der Waals surface area contributed by atoms with Gasteiger partial charge in [0.15, 0.2) is 0 Å². The number of hydrogen-bond acceptors (Lipinski definition) is 1. The van der Waals surface area contributed by atoms with Crippen LogP contribution in [0.1, 0.15) is 42.2 Å². The first-order valence-corrected chi connectivity index (χ1v) is 6.07. The predicted molar refractivity (Wildman–Crippen MR) is 67.4 cm³/mol. The second kappa shape index (κ2) is 4.72. The van der Waals surface area contributed by atoms with Crippen molar-refractivity contribution in [2.45, 2.75) is 32.4 Å². The van der Waals surface area contributed by atoms with E-state index < -0.39 is 17.7 Å². The summed E-state index contributed by atoms with van der Waals surface area (Å²) in [4.78, 5) is 13.7. The van der Waals surface area contributed by atoms with Gasteiger partial charge in [-0.3, -0.25) is 4.79 Å². The molecule has 0 radical (unpaired) electrons. The number of carbonyl (C=O) groups is 1. The molecule has 2 rings (SSSR count). The van der Waals surface area contributed by atoms with Crippen LogP contribution in [0.3, 0.4) is 0 Å². The molecule has 0 spiro atoms. The molecule has 1 heterocycles. The maximum Gasteiger partial charge on any atom is 0.456 e. The molecular weight excluding hydrogens is 255 g/mol. The molecule has 1 unspecified atom stereocenters. The van der Waals surface area contributed by atoms with Crippen molar-refractivity contribution < 1.29 is 18.0 Å². The lowest BCUT2D eigenvalue weighted by Crippen LogP contribution is -2.22. The average molecular weight is 269 g/mol. The Morgan fingerprint density at radius 2 is 2.00 bits per heavy atom. The minimum Gasteiger partial charge on any atom is -0.352 e. The first-order valence-electron chi connectivity index (χ1n) is 6.07. The molecule has 0 aliphatic heterocycles. The molecule has 19 heavy (non-hydrogen) atoms. The summed E-state index contributed by atoms with van der Waals surface area (Å²) in [5.41, 5.74) is 1.18. The quantitative estimate of drug-likeness (QED) is 0.822. The number of carbonyl (C=O) groups excluding carboxylic acids is 1. The van der Waals surface area contributed by atoms with Crippen LogP contribution in [0.15, 0.2) is 24.3 Å². The van der Waals surface area contributed by atoms with E-state index in [0.29, 0.717) is 16.8 Å². The fraction of sp³-hybridized carbons (Fsp3) is 0.357. The van der Waals surface area contributed by atoms with Crippen molar-refractivity contribution >= 4 is 16.7 Å². The van der Waals surface area contributed by atoms with Crippen molar-refractivity contribution in [1.29, 1.82) is 0 Å². The lowest BCUT2D eigenvalue weighted by Gasteiger charge is -2.08. The molecule has 1 aromatic carbocycles. The standard InChI is InChI=1S/C14H14F3NO/c1-3-8(2)9-4-5-11-10(6-9)7-12(18-11)13(19)14(15,16)17/h4-8,18H,3H2,1-2H3. The second-order valence-corrected chi connectivity index (χ2v) is 4.67. The van der Waals surface area contributed by atoms with Crippen LogP contribution >= 0.6 is 0 Å². The third kappa shape index (κ3) is 2.64. The van der Waals surface area contributed by atoms with Gasteiger partial charge in [-0.25, -0.2) is 0 Å². The molecule has 0 saturated heterocycles. The normalized spacial score (nSPS) is 13.7. The molecule has 1 atom stereocenters. The van der Waals surface area contributed by atoms with E-state index in [1.54, 1.807) is 6.07 Å². The number of aromatic nitrogens is 1. The third-order valence-corrected chi connectivity index (χ3v) is 3.33. The Hall–Kier alpha value is -1.78. The molecule has 2 nitrogen and oxygen atoms in total. The molecule has 1 N–H and O–H groups in total. The monoisotopic (exact) mass is 269 g/mol. The Kier molecular flexibility index (Phi) is 3.39. The van der Waals surface area contributed by atoms with Gasteiger partial charge in [0, 0.05) is 10.9 Å². The number of Topliss-reactive ketones (excluding diaryl/α,β-unsaturated/α-hetero) is 1. The summed E-state index contributed by atoms with van der Waals surface area (Å²) in [6, 6.07) is 6.67. The number of alkyl halides is 3. The largest absolute Gasteiger partial charge is 0.456 e. The van der Waals surface area contributed by atoms with Crippen molar-refractivity contribution in [3.05, 3.63) is 35.5 Å². The van der Waals surface area contributed by atoms with Crippen molar-refractivity contribution in [3.63, 3.8) is 0 Å². The van der Waals surface area contributed by atoms with Gasteiger partial charge in [-0.1, -0.05) is 19.9 Å². The number of nitrogens with one attached hydrogen (secondary N) is 1. The molecule has 2 aromatic rings. The Labute approximate surface area is 108 Å². The van der Waals surface area contributed by atoms with E-state index in [9.17, 15) is 18.0 Å². The van der Waals surface area contributed by atoms with Gasteiger partial charge in [-0.05, 0) is 36.1 Å². The number of benzene rings is 1. The number of hydrogen-bond donors (Lipinski definition) is 1. The Morgan fingerprint density at radius 1 is 1.32 bits per heavy atom. The van der Waals surface area contributed by atoms with Crippen LogP contribution in [-0.4, -0.2) is 16.9 Å². The summed E-state index contributed by atoms with van der Waals surface area (Å²) in [5.74, 6) is -1.50. The summed E-state index contributed by atoms with van der Waals surface area (Å²) in [7, 11) is 0. The first kappa shape index (κ1) is 13.6. The zero-order valence-electron chi connectivity index (χ0n) is 10.6. The third-order valence-electron chi connectivity index (χ3n) is 3.33. The minimum absolute atomic E-state index is 0.334. The molecular formula is C14H14F3NO. The Balaban J connectivity index is 2.44. The van der Waals surface area contributed by atoms with E-state index in [1.807, 2.05) is 19.1 Å². The summed E-state index contributed by atoms with van der Waals surface area (Å²) in [5, 5.41) is 0.630. The number of rotatable bonds is 3. The molecule has 0 saturated carbocycles. The fourth-order valence-electron chi connectivity index (χ4n) is 1.97. The summed E-state index contributed by atoms with van der Waals surface area (Å²) in [6.45, 7) is 4.10. The maximum absolute atomic E-state index is 12.4. The first-order chi connectivity index (χ1) is 8.82. The van der Waals surface area contributed by atoms with Crippen molar-refractivity contribution in [2.75, 3.05) is 0 Å². The maximum atomic E-state index is 12.4. The number of H-pyrrole nitrogens is 1. The number of ketones is 1. The van der Waals surface area contributed by atoms with E-state index in [2.05, 4.69) is 11.9 Å². The van der Waals surface area contributed by atoms with Gasteiger partial charge < -0.3 is 4.98 Å². The zero-order valence-corrected chi connectivity index (χ0v) is 10.6. The van der Waals surface area contributed by atoms with Crippen LogP contribution in [0.25, 0.3) is 10.9 Å². The van der Waals surface area contributed by atoms with Gasteiger partial charge in [0.1, 0.15) is 0 Å². The highest BCUT2D eigenvalue weighted by Gasteiger charge is 2.40. The lowest BCUT2D eigenvalue weighted by atomic mass is 9.97. The average Bonchev–Trinajstić information content (AvgIpc) is 2.78. The minimum atomic E-state index is -4.85. The van der Waals surface area contributed by atoms with E-state index >= 15 is 0 Å². The number of halogens is 3. The highest BCUT2D eigenvalue weighted by molar-refractivity contribution is 6.02. The van der Waals surface area contributed by atoms with Gasteiger partial charge in [-0.15, -0.1) is 0 Å². The molecule has 0 amide bonds. The second-order valence-electron chi connectivity index (χ2n) is 4.67. The molecule has 0 fully saturated rings. The molecule has 102 valence electrons. The van der Waals surface area contributed by atoms with Gasteiger partial charge >= 0.3 is 6.18 Å². The fourth-order valence-corrected chi connectivity index (χ4v) is 1.97. The topological polar surface area (TPSA) is 32.9 Å².